The monoisotopic (exact) mass is 403 g/mol. The van der Waals surface area contributed by atoms with E-state index in [-0.39, 0.29) is 17.5 Å². The number of likely N-dealkylation sites (tertiary alicyclic amines) is 2. The Morgan fingerprint density at radius 1 is 1.14 bits per heavy atom. The van der Waals surface area contributed by atoms with Crippen molar-refractivity contribution in [3.8, 4) is 0 Å². The first kappa shape index (κ1) is 20.3. The lowest BCUT2D eigenvalue weighted by molar-refractivity contribution is -0.156. The third-order valence-electron chi connectivity index (χ3n) is 7.78. The molecule has 2 heterocycles. The summed E-state index contributed by atoms with van der Waals surface area (Å²) in [6, 6.07) is 0.652. The Kier molecular flexibility index (Phi) is 5.31. The molecule has 28 heavy (non-hydrogen) atoms. The molecule has 4 rings (SSSR count). The number of amides is 1. The molecule has 2 saturated carbocycles. The minimum Gasteiger partial charge on any atom is -0.465 e. The molecule has 0 radical (unpaired) electrons. The Morgan fingerprint density at radius 2 is 1.79 bits per heavy atom. The number of nitrogens with zero attached hydrogens (tertiary/aromatic N) is 3. The van der Waals surface area contributed by atoms with Gasteiger partial charge in [0.05, 0.1) is 6.54 Å². The summed E-state index contributed by atoms with van der Waals surface area (Å²) in [5.74, 6) is 0.503. The van der Waals surface area contributed by atoms with Crippen LogP contribution in [0.4, 0.5) is 18.0 Å². The fourth-order valence-electron chi connectivity index (χ4n) is 6.29. The van der Waals surface area contributed by atoms with Gasteiger partial charge in [0, 0.05) is 31.2 Å². The average Bonchev–Trinajstić information content (AvgIpc) is 3.35. The average molecular weight is 403 g/mol. The van der Waals surface area contributed by atoms with Crippen molar-refractivity contribution < 1.29 is 23.1 Å². The highest BCUT2D eigenvalue weighted by Crippen LogP contribution is 2.56. The summed E-state index contributed by atoms with van der Waals surface area (Å²) >= 11 is 0. The number of carbonyl (C=O) groups is 1. The lowest BCUT2D eigenvalue weighted by Gasteiger charge is -2.58. The van der Waals surface area contributed by atoms with Crippen molar-refractivity contribution in [3.05, 3.63) is 0 Å². The molecule has 2 aliphatic carbocycles. The zero-order valence-electron chi connectivity index (χ0n) is 16.6. The second kappa shape index (κ2) is 7.35. The summed E-state index contributed by atoms with van der Waals surface area (Å²) < 4.78 is 38.9. The molecule has 0 aromatic heterocycles. The molecular formula is C20H32F3N3O2. The molecule has 8 heteroatoms. The molecule has 0 aromatic rings. The molecule has 3 atom stereocenters. The first-order valence-corrected chi connectivity index (χ1v) is 10.8. The summed E-state index contributed by atoms with van der Waals surface area (Å²) in [4.78, 5) is 17.1. The van der Waals surface area contributed by atoms with Gasteiger partial charge in [-0.25, -0.2) is 4.79 Å². The molecule has 0 aromatic carbocycles. The second-order valence-corrected chi connectivity index (χ2v) is 9.39. The van der Waals surface area contributed by atoms with E-state index >= 15 is 0 Å². The molecule has 1 N–H and O–H groups in total. The van der Waals surface area contributed by atoms with Crippen LogP contribution in [0, 0.1) is 11.3 Å². The lowest BCUT2D eigenvalue weighted by Crippen LogP contribution is -2.62. The molecule has 4 aliphatic rings. The summed E-state index contributed by atoms with van der Waals surface area (Å²) in [5, 5.41) is 9.28. The Labute approximate surface area is 164 Å². The molecule has 1 spiro atoms. The van der Waals surface area contributed by atoms with Gasteiger partial charge in [0.2, 0.25) is 0 Å². The van der Waals surface area contributed by atoms with E-state index in [0.29, 0.717) is 25.0 Å². The predicted octanol–water partition coefficient (Wildman–Crippen LogP) is 3.65. The summed E-state index contributed by atoms with van der Waals surface area (Å²) in [6.45, 7) is 4.44. The van der Waals surface area contributed by atoms with Gasteiger partial charge in [-0.2, -0.15) is 13.2 Å². The molecule has 5 nitrogen and oxygen atoms in total. The minimum absolute atomic E-state index is 0.0495. The SMILES string of the molecule is CCC1C(N2CCC(N(CC(F)(F)F)C3CC3)CC2)CC12CCN(C(=O)O)C2. The van der Waals surface area contributed by atoms with Gasteiger partial charge in [0.15, 0.2) is 0 Å². The van der Waals surface area contributed by atoms with Crippen LogP contribution in [0.15, 0.2) is 0 Å². The fraction of sp³-hybridized carbons (Fsp3) is 0.950. The van der Waals surface area contributed by atoms with Crippen molar-refractivity contribution >= 4 is 6.09 Å². The van der Waals surface area contributed by atoms with Crippen molar-refractivity contribution in [2.75, 3.05) is 32.7 Å². The van der Waals surface area contributed by atoms with Crippen LogP contribution >= 0.6 is 0 Å². The molecule has 0 bridgehead atoms. The molecule has 3 unspecified atom stereocenters. The molecule has 160 valence electrons. The van der Waals surface area contributed by atoms with E-state index in [1.54, 1.807) is 9.80 Å². The van der Waals surface area contributed by atoms with Crippen LogP contribution in [-0.4, -0.2) is 82.9 Å². The van der Waals surface area contributed by atoms with Crippen LogP contribution in [0.2, 0.25) is 0 Å². The number of piperidine rings is 1. The predicted molar refractivity (Wildman–Crippen MR) is 99.2 cm³/mol. The van der Waals surface area contributed by atoms with Crippen LogP contribution in [0.5, 0.6) is 0 Å². The summed E-state index contributed by atoms with van der Waals surface area (Å²) in [5.41, 5.74) is 0.130. The third-order valence-corrected chi connectivity index (χ3v) is 7.78. The van der Waals surface area contributed by atoms with Crippen LogP contribution in [0.3, 0.4) is 0 Å². The highest BCUT2D eigenvalue weighted by Gasteiger charge is 2.58. The highest BCUT2D eigenvalue weighted by molar-refractivity contribution is 5.65. The van der Waals surface area contributed by atoms with E-state index in [1.165, 1.54) is 0 Å². The zero-order valence-corrected chi connectivity index (χ0v) is 16.6. The number of alkyl halides is 3. The Morgan fingerprint density at radius 3 is 2.29 bits per heavy atom. The van der Waals surface area contributed by atoms with Gasteiger partial charge >= 0.3 is 12.3 Å². The second-order valence-electron chi connectivity index (χ2n) is 9.39. The third kappa shape index (κ3) is 3.86. The van der Waals surface area contributed by atoms with Gasteiger partial charge in [0.25, 0.3) is 0 Å². The Hall–Kier alpha value is -1.02. The molecule has 1 amide bonds. The Balaban J connectivity index is 1.32. The summed E-state index contributed by atoms with van der Waals surface area (Å²) in [6.07, 6.45) is 1.52. The number of hydrogen-bond acceptors (Lipinski definition) is 3. The maximum atomic E-state index is 13.0. The number of hydrogen-bond donors (Lipinski definition) is 1. The lowest BCUT2D eigenvalue weighted by atomic mass is 9.54. The molecular weight excluding hydrogens is 371 g/mol. The van der Waals surface area contributed by atoms with Crippen LogP contribution in [-0.2, 0) is 0 Å². The van der Waals surface area contributed by atoms with Crippen molar-refractivity contribution in [1.82, 2.24) is 14.7 Å². The Bertz CT molecular complexity index is 590. The smallest absolute Gasteiger partial charge is 0.407 e. The van der Waals surface area contributed by atoms with Gasteiger partial charge in [-0.1, -0.05) is 13.3 Å². The van der Waals surface area contributed by atoms with Gasteiger partial charge in [-0.05, 0) is 62.9 Å². The van der Waals surface area contributed by atoms with Crippen LogP contribution in [0.1, 0.15) is 51.9 Å². The van der Waals surface area contributed by atoms with Gasteiger partial charge in [0.1, 0.15) is 0 Å². The number of rotatable bonds is 5. The van der Waals surface area contributed by atoms with Gasteiger partial charge in [-0.3, -0.25) is 9.80 Å². The summed E-state index contributed by atoms with van der Waals surface area (Å²) in [7, 11) is 0. The minimum atomic E-state index is -4.12. The van der Waals surface area contributed by atoms with E-state index in [4.69, 9.17) is 0 Å². The normalized spacial score (nSPS) is 35.0. The van der Waals surface area contributed by atoms with Gasteiger partial charge < -0.3 is 10.0 Å². The van der Waals surface area contributed by atoms with E-state index < -0.39 is 18.8 Å². The van der Waals surface area contributed by atoms with E-state index in [2.05, 4.69) is 11.8 Å². The van der Waals surface area contributed by atoms with Crippen LogP contribution < -0.4 is 0 Å². The van der Waals surface area contributed by atoms with E-state index in [9.17, 15) is 23.1 Å². The fourth-order valence-corrected chi connectivity index (χ4v) is 6.29. The highest BCUT2D eigenvalue weighted by atomic mass is 19.4. The maximum absolute atomic E-state index is 13.0. The topological polar surface area (TPSA) is 47.0 Å². The van der Waals surface area contributed by atoms with E-state index in [0.717, 1.165) is 58.0 Å². The van der Waals surface area contributed by atoms with Crippen LogP contribution in [0.25, 0.3) is 0 Å². The molecule has 2 saturated heterocycles. The van der Waals surface area contributed by atoms with Crippen molar-refractivity contribution in [2.45, 2.75) is 76.2 Å². The van der Waals surface area contributed by atoms with E-state index in [1.807, 2.05) is 0 Å². The first-order valence-electron chi connectivity index (χ1n) is 10.8. The number of carboxylic acid groups (broad SMARTS) is 1. The molecule has 4 fully saturated rings. The maximum Gasteiger partial charge on any atom is 0.407 e. The first-order chi connectivity index (χ1) is 13.2. The zero-order chi connectivity index (χ0) is 20.1. The number of halogens is 3. The quantitative estimate of drug-likeness (QED) is 0.761. The van der Waals surface area contributed by atoms with Gasteiger partial charge in [-0.15, -0.1) is 0 Å². The molecule has 2 aliphatic heterocycles. The largest absolute Gasteiger partial charge is 0.465 e. The standard InChI is InChI=1S/C20H32F3N3O2/c1-2-16-17(11-19(16)7-10-25(12-19)18(27)28)24-8-5-15(6-9-24)26(14-3-4-14)13-20(21,22)23/h14-17H,2-13H2,1H3,(H,27,28). The van der Waals surface area contributed by atoms with Crippen molar-refractivity contribution in [2.24, 2.45) is 11.3 Å². The van der Waals surface area contributed by atoms with Crippen molar-refractivity contribution in [1.29, 1.82) is 0 Å². The van der Waals surface area contributed by atoms with Crippen molar-refractivity contribution in [3.63, 3.8) is 0 Å².